The number of hydrogen-bond acceptors (Lipinski definition) is 2. The normalized spacial score (nSPS) is 11.9. The Morgan fingerprint density at radius 1 is 0.429 bits per heavy atom. The zero-order valence-corrected chi connectivity index (χ0v) is 30.7. The first-order valence-corrected chi connectivity index (χ1v) is 18.7. The van der Waals surface area contributed by atoms with E-state index < -0.39 is 0 Å². The molecule has 9 rings (SSSR count). The highest BCUT2D eigenvalue weighted by Gasteiger charge is 2.17. The van der Waals surface area contributed by atoms with Crippen LogP contribution in [-0.4, -0.2) is 18.4 Å². The molecule has 0 radical (unpaired) electrons. The fourth-order valence-corrected chi connectivity index (χ4v) is 7.20. The number of hydrogen-bond donors (Lipinski definition) is 0. The van der Waals surface area contributed by atoms with Crippen molar-refractivity contribution in [3.63, 3.8) is 0 Å². The molecular weight excluding hydrogens is 683 g/mol. The van der Waals surface area contributed by atoms with Crippen LogP contribution in [0.15, 0.2) is 220 Å². The minimum absolute atomic E-state index is 0.473. The van der Waals surface area contributed by atoms with Crippen molar-refractivity contribution >= 4 is 40.3 Å². The van der Waals surface area contributed by atoms with E-state index in [4.69, 9.17) is 14.4 Å². The highest BCUT2D eigenvalue weighted by molar-refractivity contribution is 6.22. The van der Waals surface area contributed by atoms with Crippen LogP contribution in [0.25, 0.3) is 66.4 Å². The average Bonchev–Trinajstić information content (AvgIpc) is 3.66. The van der Waals surface area contributed by atoms with Gasteiger partial charge in [0.05, 0.1) is 6.54 Å². The molecule has 8 aromatic carbocycles. The standard InChI is InChI=1S/C52H37N3O/c1-53-52(47-18-11-19-48-50(47)46-33-32-45(34-49(46)56-48)43-26-24-40(25-27-43)38-16-9-4-10-17-38)55-51(54-35-36-12-5-2-6-13-36)44-30-28-42(29-31-44)41-22-20-39(21-23-41)37-14-7-3-8-15-37/h2-34H,1,35H2. The van der Waals surface area contributed by atoms with Gasteiger partial charge in [-0.05, 0) is 75.0 Å². The Bertz CT molecular complexity index is 2840. The molecule has 9 aromatic rings. The molecule has 1 aromatic heterocycles. The monoisotopic (exact) mass is 719 g/mol. The van der Waals surface area contributed by atoms with Gasteiger partial charge in [-0.25, -0.2) is 9.98 Å². The van der Waals surface area contributed by atoms with E-state index in [0.29, 0.717) is 18.2 Å². The summed E-state index contributed by atoms with van der Waals surface area (Å²) in [6, 6.07) is 69.2. The molecule has 0 fully saturated rings. The van der Waals surface area contributed by atoms with E-state index >= 15 is 0 Å². The average molecular weight is 720 g/mol. The molecule has 0 saturated carbocycles. The molecule has 0 atom stereocenters. The Kier molecular flexibility index (Phi) is 9.51. The predicted octanol–water partition coefficient (Wildman–Crippen LogP) is 13.3. The second-order valence-electron chi connectivity index (χ2n) is 13.7. The van der Waals surface area contributed by atoms with Gasteiger partial charge in [-0.2, -0.15) is 0 Å². The van der Waals surface area contributed by atoms with E-state index in [1.807, 2.05) is 48.5 Å². The fourth-order valence-electron chi connectivity index (χ4n) is 7.20. The zero-order valence-electron chi connectivity index (χ0n) is 30.7. The summed E-state index contributed by atoms with van der Waals surface area (Å²) in [4.78, 5) is 14.7. The van der Waals surface area contributed by atoms with Gasteiger partial charge in [0.25, 0.3) is 0 Å². The van der Waals surface area contributed by atoms with Crippen LogP contribution >= 0.6 is 0 Å². The van der Waals surface area contributed by atoms with Crippen LogP contribution in [0, 0.1) is 0 Å². The Labute approximate surface area is 326 Å². The zero-order chi connectivity index (χ0) is 37.7. The maximum atomic E-state index is 6.48. The summed E-state index contributed by atoms with van der Waals surface area (Å²) in [5, 5.41) is 1.93. The molecule has 0 aliphatic rings. The lowest BCUT2D eigenvalue weighted by atomic mass is 9.99. The molecule has 1 heterocycles. The highest BCUT2D eigenvalue weighted by Crippen LogP contribution is 2.35. The van der Waals surface area contributed by atoms with Gasteiger partial charge >= 0.3 is 0 Å². The summed E-state index contributed by atoms with van der Waals surface area (Å²) in [5.41, 5.74) is 13.6. The molecule has 0 aliphatic heterocycles. The lowest BCUT2D eigenvalue weighted by molar-refractivity contribution is 0.669. The first-order valence-electron chi connectivity index (χ1n) is 18.7. The van der Waals surface area contributed by atoms with Gasteiger partial charge in [0.1, 0.15) is 11.2 Å². The summed E-state index contributed by atoms with van der Waals surface area (Å²) >= 11 is 0. The van der Waals surface area contributed by atoms with Gasteiger partial charge in [-0.1, -0.05) is 182 Å². The van der Waals surface area contributed by atoms with Gasteiger partial charge in [0.15, 0.2) is 11.7 Å². The van der Waals surface area contributed by atoms with E-state index in [0.717, 1.165) is 60.9 Å². The van der Waals surface area contributed by atoms with Gasteiger partial charge in [0, 0.05) is 21.9 Å². The van der Waals surface area contributed by atoms with Crippen LogP contribution in [0.1, 0.15) is 16.7 Å². The van der Waals surface area contributed by atoms with Crippen molar-refractivity contribution in [2.24, 2.45) is 15.0 Å². The third-order valence-electron chi connectivity index (χ3n) is 10.1. The number of rotatable bonds is 8. The van der Waals surface area contributed by atoms with E-state index in [1.54, 1.807) is 0 Å². The maximum Gasteiger partial charge on any atom is 0.161 e. The Morgan fingerprint density at radius 3 is 1.46 bits per heavy atom. The van der Waals surface area contributed by atoms with Crippen LogP contribution in [0.4, 0.5) is 0 Å². The molecule has 4 heteroatoms. The van der Waals surface area contributed by atoms with Crippen molar-refractivity contribution in [2.75, 3.05) is 0 Å². The fraction of sp³-hybridized carbons (Fsp3) is 0.0192. The summed E-state index contributed by atoms with van der Waals surface area (Å²) < 4.78 is 6.48. The molecule has 4 nitrogen and oxygen atoms in total. The molecule has 0 aliphatic carbocycles. The summed E-state index contributed by atoms with van der Waals surface area (Å²) in [5.74, 6) is 1.06. The highest BCUT2D eigenvalue weighted by atomic mass is 16.3. The van der Waals surface area contributed by atoms with Gasteiger partial charge in [0.2, 0.25) is 0 Å². The number of aliphatic imine (C=N–C) groups is 3. The third kappa shape index (κ3) is 7.12. The minimum Gasteiger partial charge on any atom is -0.456 e. The van der Waals surface area contributed by atoms with Crippen LogP contribution < -0.4 is 0 Å². The smallest absolute Gasteiger partial charge is 0.161 e. The molecule has 0 unspecified atom stereocenters. The van der Waals surface area contributed by atoms with E-state index in [-0.39, 0.29) is 0 Å². The first kappa shape index (κ1) is 34.3. The van der Waals surface area contributed by atoms with Gasteiger partial charge in [-0.3, -0.25) is 4.99 Å². The van der Waals surface area contributed by atoms with Crippen molar-refractivity contribution in [1.82, 2.24) is 0 Å². The van der Waals surface area contributed by atoms with Crippen molar-refractivity contribution in [1.29, 1.82) is 0 Å². The summed E-state index contributed by atoms with van der Waals surface area (Å²) in [6.07, 6.45) is 0. The second kappa shape index (κ2) is 15.5. The van der Waals surface area contributed by atoms with Crippen LogP contribution in [0.5, 0.6) is 0 Å². The van der Waals surface area contributed by atoms with E-state index in [1.165, 1.54) is 22.3 Å². The number of furan rings is 1. The number of fused-ring (bicyclic) bond motifs is 3. The largest absolute Gasteiger partial charge is 0.456 e. The Morgan fingerprint density at radius 2 is 0.911 bits per heavy atom. The van der Waals surface area contributed by atoms with Crippen LogP contribution in [0.2, 0.25) is 0 Å². The topological polar surface area (TPSA) is 50.2 Å². The first-order chi connectivity index (χ1) is 27.7. The summed E-state index contributed by atoms with van der Waals surface area (Å²) in [7, 11) is 0. The maximum absolute atomic E-state index is 6.48. The Balaban J connectivity index is 1.06. The molecular formula is C52H37N3O. The molecule has 56 heavy (non-hydrogen) atoms. The summed E-state index contributed by atoms with van der Waals surface area (Å²) in [6.45, 7) is 4.45. The lowest BCUT2D eigenvalue weighted by Gasteiger charge is -2.09. The number of amidine groups is 2. The molecule has 0 N–H and O–H groups in total. The SMILES string of the molecule is C=NC(=NC(=NCc1ccccc1)c1ccc(-c2ccc(-c3ccccc3)cc2)cc1)c1cccc2oc3cc(-c4ccc(-c5ccccc5)cc4)ccc3c12. The van der Waals surface area contributed by atoms with Crippen LogP contribution in [0.3, 0.4) is 0 Å². The van der Waals surface area contributed by atoms with Gasteiger partial charge < -0.3 is 4.42 Å². The predicted molar refractivity (Wildman–Crippen MR) is 235 cm³/mol. The molecule has 0 spiro atoms. The van der Waals surface area contributed by atoms with E-state index in [9.17, 15) is 0 Å². The quantitative estimate of drug-likeness (QED) is 0.114. The van der Waals surface area contributed by atoms with Crippen molar-refractivity contribution in [3.05, 3.63) is 217 Å². The molecule has 0 amide bonds. The molecule has 266 valence electrons. The number of benzene rings is 8. The van der Waals surface area contributed by atoms with Gasteiger partial charge in [-0.15, -0.1) is 0 Å². The van der Waals surface area contributed by atoms with Crippen molar-refractivity contribution < 1.29 is 4.42 Å². The third-order valence-corrected chi connectivity index (χ3v) is 10.1. The molecule has 0 bridgehead atoms. The van der Waals surface area contributed by atoms with Crippen molar-refractivity contribution in [2.45, 2.75) is 6.54 Å². The minimum atomic E-state index is 0.473. The van der Waals surface area contributed by atoms with E-state index in [2.05, 4.69) is 163 Å². The Hall–Kier alpha value is -7.43. The lowest BCUT2D eigenvalue weighted by Crippen LogP contribution is -2.06. The molecule has 0 saturated heterocycles. The van der Waals surface area contributed by atoms with Crippen LogP contribution in [-0.2, 0) is 6.54 Å². The van der Waals surface area contributed by atoms with Crippen molar-refractivity contribution in [3.8, 4) is 44.5 Å². The second-order valence-corrected chi connectivity index (χ2v) is 13.7. The number of nitrogens with zero attached hydrogens (tertiary/aromatic N) is 3.